The molecule has 0 bridgehead atoms. The van der Waals surface area contributed by atoms with Crippen molar-refractivity contribution < 1.29 is 12.9 Å². The Kier molecular flexibility index (Phi) is 5.31. The second kappa shape index (κ2) is 7.21. The van der Waals surface area contributed by atoms with E-state index in [0.29, 0.717) is 13.0 Å². The lowest BCUT2D eigenvalue weighted by molar-refractivity contribution is 0.418. The Labute approximate surface area is 119 Å². The summed E-state index contributed by atoms with van der Waals surface area (Å²) in [4.78, 5) is 0. The van der Waals surface area contributed by atoms with Gasteiger partial charge in [-0.15, -0.1) is 0 Å². The molecule has 1 heterocycles. The second-order valence-electron chi connectivity index (χ2n) is 4.59. The molecule has 0 aliphatic carbocycles. The normalized spacial score (nSPS) is 11.6. The molecule has 0 spiro atoms. The number of aromatic nitrogens is 1. The van der Waals surface area contributed by atoms with Gasteiger partial charge in [0.05, 0.1) is 11.9 Å². The molecule has 20 heavy (non-hydrogen) atoms. The Balaban J connectivity index is 1.68. The number of aryl methyl sites for hydroxylation is 2. The van der Waals surface area contributed by atoms with Gasteiger partial charge < -0.3 is 4.52 Å². The van der Waals surface area contributed by atoms with E-state index in [9.17, 15) is 8.42 Å². The molecular weight excluding hydrogens is 276 g/mol. The van der Waals surface area contributed by atoms with Crippen molar-refractivity contribution in [2.24, 2.45) is 0 Å². The largest absolute Gasteiger partial charge is 0.364 e. The topological polar surface area (TPSA) is 72.2 Å². The van der Waals surface area contributed by atoms with E-state index < -0.39 is 10.0 Å². The number of nitrogens with one attached hydrogen (secondary N) is 1. The van der Waals surface area contributed by atoms with E-state index in [1.807, 2.05) is 30.3 Å². The maximum absolute atomic E-state index is 11.8. The number of benzene rings is 1. The average molecular weight is 294 g/mol. The van der Waals surface area contributed by atoms with Gasteiger partial charge in [-0.1, -0.05) is 35.5 Å². The zero-order valence-electron chi connectivity index (χ0n) is 11.2. The van der Waals surface area contributed by atoms with Crippen LogP contribution in [0, 0.1) is 0 Å². The Morgan fingerprint density at radius 2 is 1.90 bits per heavy atom. The van der Waals surface area contributed by atoms with Crippen LogP contribution >= 0.6 is 0 Å². The average Bonchev–Trinajstić information content (AvgIpc) is 2.96. The van der Waals surface area contributed by atoms with Crippen molar-refractivity contribution in [2.75, 3.05) is 12.3 Å². The molecule has 1 aromatic heterocycles. The summed E-state index contributed by atoms with van der Waals surface area (Å²) < 4.78 is 31.0. The predicted octanol–water partition coefficient (Wildman–Crippen LogP) is 1.77. The molecule has 1 N–H and O–H groups in total. The third-order valence-corrected chi connectivity index (χ3v) is 4.34. The Bertz CT molecular complexity index is 595. The van der Waals surface area contributed by atoms with Gasteiger partial charge in [-0.05, 0) is 24.8 Å². The van der Waals surface area contributed by atoms with Crippen molar-refractivity contribution in [1.29, 1.82) is 0 Å². The second-order valence-corrected chi connectivity index (χ2v) is 6.51. The standard InChI is InChI=1S/C14H18N2O3S/c17-20(18,10-8-13-5-2-1-3-6-13)16-9-4-7-14-11-15-19-12-14/h1-3,5-6,11-12,16H,4,7-10H2. The fourth-order valence-corrected chi connectivity index (χ4v) is 2.94. The highest BCUT2D eigenvalue weighted by atomic mass is 32.2. The van der Waals surface area contributed by atoms with Crippen molar-refractivity contribution in [3.05, 3.63) is 53.9 Å². The van der Waals surface area contributed by atoms with Gasteiger partial charge >= 0.3 is 0 Å². The summed E-state index contributed by atoms with van der Waals surface area (Å²) in [5.41, 5.74) is 2.01. The lowest BCUT2D eigenvalue weighted by atomic mass is 10.2. The minimum atomic E-state index is -3.21. The van der Waals surface area contributed by atoms with Crippen LogP contribution in [-0.4, -0.2) is 25.9 Å². The van der Waals surface area contributed by atoms with Crippen LogP contribution in [0.1, 0.15) is 17.5 Å². The molecule has 0 atom stereocenters. The van der Waals surface area contributed by atoms with Crippen LogP contribution in [0.5, 0.6) is 0 Å². The predicted molar refractivity (Wildman–Crippen MR) is 76.8 cm³/mol. The maximum Gasteiger partial charge on any atom is 0.211 e. The summed E-state index contributed by atoms with van der Waals surface area (Å²) in [6.45, 7) is 0.433. The van der Waals surface area contributed by atoms with Gasteiger partial charge in [0.15, 0.2) is 0 Å². The van der Waals surface area contributed by atoms with Gasteiger partial charge in [0.25, 0.3) is 0 Å². The summed E-state index contributed by atoms with van der Waals surface area (Å²) in [5.74, 6) is 0.115. The van der Waals surface area contributed by atoms with Crippen molar-refractivity contribution in [2.45, 2.75) is 19.3 Å². The maximum atomic E-state index is 11.8. The van der Waals surface area contributed by atoms with Gasteiger partial charge in [-0.25, -0.2) is 13.1 Å². The zero-order chi connectivity index (χ0) is 14.3. The van der Waals surface area contributed by atoms with Gasteiger partial charge in [-0.2, -0.15) is 0 Å². The Morgan fingerprint density at radius 3 is 2.60 bits per heavy atom. The summed E-state index contributed by atoms with van der Waals surface area (Å²) in [6, 6.07) is 9.60. The highest BCUT2D eigenvalue weighted by molar-refractivity contribution is 7.89. The van der Waals surface area contributed by atoms with Crippen LogP contribution in [0.3, 0.4) is 0 Å². The van der Waals surface area contributed by atoms with E-state index in [-0.39, 0.29) is 5.75 Å². The van der Waals surface area contributed by atoms with E-state index >= 15 is 0 Å². The summed E-state index contributed by atoms with van der Waals surface area (Å²) in [5, 5.41) is 3.60. The van der Waals surface area contributed by atoms with Crippen LogP contribution in [-0.2, 0) is 22.9 Å². The smallest absolute Gasteiger partial charge is 0.211 e. The first-order chi connectivity index (χ1) is 9.66. The number of nitrogens with zero attached hydrogens (tertiary/aromatic N) is 1. The molecule has 0 radical (unpaired) electrons. The summed E-state index contributed by atoms with van der Waals surface area (Å²) >= 11 is 0. The van der Waals surface area contributed by atoms with Crippen LogP contribution in [0.2, 0.25) is 0 Å². The first-order valence-electron chi connectivity index (χ1n) is 6.55. The molecule has 5 nitrogen and oxygen atoms in total. The van der Waals surface area contributed by atoms with Gasteiger partial charge in [-0.3, -0.25) is 0 Å². The summed E-state index contributed by atoms with van der Waals surface area (Å²) in [7, 11) is -3.21. The van der Waals surface area contributed by atoms with Gasteiger partial charge in [0.2, 0.25) is 10.0 Å². The molecule has 6 heteroatoms. The molecule has 108 valence electrons. The lowest BCUT2D eigenvalue weighted by Gasteiger charge is -2.06. The lowest BCUT2D eigenvalue weighted by Crippen LogP contribution is -2.28. The van der Waals surface area contributed by atoms with Crippen molar-refractivity contribution in [3.8, 4) is 0 Å². The van der Waals surface area contributed by atoms with E-state index in [2.05, 4.69) is 9.88 Å². The van der Waals surface area contributed by atoms with Crippen molar-refractivity contribution in [3.63, 3.8) is 0 Å². The highest BCUT2D eigenvalue weighted by Crippen LogP contribution is 2.03. The minimum Gasteiger partial charge on any atom is -0.364 e. The molecule has 2 aromatic rings. The first-order valence-corrected chi connectivity index (χ1v) is 8.20. The monoisotopic (exact) mass is 294 g/mol. The van der Waals surface area contributed by atoms with Crippen LogP contribution in [0.25, 0.3) is 0 Å². The quantitative estimate of drug-likeness (QED) is 0.753. The fourth-order valence-electron chi connectivity index (χ4n) is 1.84. The van der Waals surface area contributed by atoms with E-state index in [4.69, 9.17) is 4.52 Å². The van der Waals surface area contributed by atoms with Crippen molar-refractivity contribution >= 4 is 10.0 Å². The molecular formula is C14H18N2O3S. The molecule has 0 aliphatic rings. The Morgan fingerprint density at radius 1 is 1.10 bits per heavy atom. The van der Waals surface area contributed by atoms with E-state index in [0.717, 1.165) is 24.0 Å². The zero-order valence-corrected chi connectivity index (χ0v) is 12.0. The summed E-state index contributed by atoms with van der Waals surface area (Å²) in [6.07, 6.45) is 5.23. The fraction of sp³-hybridized carbons (Fsp3) is 0.357. The third kappa shape index (κ3) is 5.14. The molecule has 0 saturated carbocycles. The van der Waals surface area contributed by atoms with E-state index in [1.165, 1.54) is 0 Å². The minimum absolute atomic E-state index is 0.115. The number of sulfonamides is 1. The Hall–Kier alpha value is -1.66. The number of hydrogen-bond donors (Lipinski definition) is 1. The molecule has 0 unspecified atom stereocenters. The molecule has 0 aliphatic heterocycles. The molecule has 0 fully saturated rings. The molecule has 0 amide bonds. The number of rotatable bonds is 8. The first kappa shape index (κ1) is 14.7. The highest BCUT2D eigenvalue weighted by Gasteiger charge is 2.09. The number of hydrogen-bond acceptors (Lipinski definition) is 4. The van der Waals surface area contributed by atoms with Gasteiger partial charge in [0, 0.05) is 12.1 Å². The third-order valence-electron chi connectivity index (χ3n) is 2.95. The van der Waals surface area contributed by atoms with Crippen molar-refractivity contribution in [1.82, 2.24) is 9.88 Å². The van der Waals surface area contributed by atoms with Crippen LogP contribution < -0.4 is 4.72 Å². The van der Waals surface area contributed by atoms with Gasteiger partial charge in [0.1, 0.15) is 6.26 Å². The van der Waals surface area contributed by atoms with Crippen LogP contribution in [0.4, 0.5) is 0 Å². The molecule has 0 saturated heterocycles. The SMILES string of the molecule is O=S(=O)(CCc1ccccc1)NCCCc1cnoc1. The van der Waals surface area contributed by atoms with Crippen LogP contribution in [0.15, 0.2) is 47.3 Å². The van der Waals surface area contributed by atoms with E-state index in [1.54, 1.807) is 12.5 Å². The molecule has 1 aromatic carbocycles. The molecule has 2 rings (SSSR count).